The summed E-state index contributed by atoms with van der Waals surface area (Å²) in [5, 5.41) is 15.1. The molecule has 3 rings (SSSR count). The minimum Gasteiger partial charge on any atom is -0.393 e. The average Bonchev–Trinajstić information content (AvgIpc) is 2.33. The molecule has 0 radical (unpaired) electrons. The zero-order chi connectivity index (χ0) is 11.7. The number of aromatic nitrogens is 1. The van der Waals surface area contributed by atoms with E-state index in [1.807, 2.05) is 18.5 Å². The number of pyridine rings is 1. The van der Waals surface area contributed by atoms with Gasteiger partial charge in [0.05, 0.1) is 6.10 Å². The summed E-state index contributed by atoms with van der Waals surface area (Å²) in [5.41, 5.74) is 1.23. The van der Waals surface area contributed by atoms with E-state index in [1.54, 1.807) is 0 Å². The Balaban J connectivity index is 1.76. The maximum Gasteiger partial charge on any atom is 0.0570 e. The normalized spacial score (nSPS) is 23.6. The Labute approximate surface area is 100 Å². The molecule has 0 amide bonds. The Morgan fingerprint density at radius 2 is 2.06 bits per heavy atom. The van der Waals surface area contributed by atoms with Crippen molar-refractivity contribution in [2.24, 2.45) is 0 Å². The van der Waals surface area contributed by atoms with Gasteiger partial charge in [0.1, 0.15) is 0 Å². The van der Waals surface area contributed by atoms with E-state index in [9.17, 15) is 5.11 Å². The molecule has 88 valence electrons. The summed E-state index contributed by atoms with van der Waals surface area (Å²) in [6.45, 7) is 0.825. The third kappa shape index (κ3) is 2.16. The highest BCUT2D eigenvalue weighted by molar-refractivity contribution is 5.84. The van der Waals surface area contributed by atoms with Crippen LogP contribution in [0, 0.1) is 0 Å². The van der Waals surface area contributed by atoms with Gasteiger partial charge in [-0.2, -0.15) is 0 Å². The maximum absolute atomic E-state index is 9.23. The first-order valence-corrected chi connectivity index (χ1v) is 6.06. The Kier molecular flexibility index (Phi) is 2.79. The van der Waals surface area contributed by atoms with E-state index in [4.69, 9.17) is 0 Å². The third-order valence-electron chi connectivity index (χ3n) is 3.45. The molecule has 1 aromatic heterocycles. The van der Waals surface area contributed by atoms with E-state index in [0.717, 1.165) is 19.4 Å². The molecule has 0 saturated heterocycles. The molecule has 0 bridgehead atoms. The minimum atomic E-state index is -0.0989. The van der Waals surface area contributed by atoms with Crippen LogP contribution in [0.25, 0.3) is 10.8 Å². The van der Waals surface area contributed by atoms with E-state index in [0.29, 0.717) is 6.04 Å². The highest BCUT2D eigenvalue weighted by Gasteiger charge is 2.26. The number of nitrogens with one attached hydrogen (secondary N) is 1. The smallest absolute Gasteiger partial charge is 0.0570 e. The molecule has 1 saturated carbocycles. The summed E-state index contributed by atoms with van der Waals surface area (Å²) in [7, 11) is 0. The van der Waals surface area contributed by atoms with E-state index in [1.165, 1.54) is 16.3 Å². The molecule has 0 unspecified atom stereocenters. The average molecular weight is 228 g/mol. The molecule has 0 atom stereocenters. The summed E-state index contributed by atoms with van der Waals surface area (Å²) in [4.78, 5) is 4.26. The van der Waals surface area contributed by atoms with Gasteiger partial charge in [-0.25, -0.2) is 0 Å². The molecule has 1 heterocycles. The van der Waals surface area contributed by atoms with Crippen molar-refractivity contribution in [2.75, 3.05) is 0 Å². The first kappa shape index (κ1) is 10.7. The molecule has 2 aromatic rings. The van der Waals surface area contributed by atoms with E-state index >= 15 is 0 Å². The van der Waals surface area contributed by atoms with Crippen molar-refractivity contribution in [3.8, 4) is 0 Å². The number of nitrogens with zero attached hydrogens (tertiary/aromatic N) is 1. The molecule has 1 aromatic carbocycles. The van der Waals surface area contributed by atoms with Crippen LogP contribution in [-0.4, -0.2) is 22.2 Å². The molecule has 0 spiro atoms. The summed E-state index contributed by atoms with van der Waals surface area (Å²) < 4.78 is 0. The van der Waals surface area contributed by atoms with Gasteiger partial charge < -0.3 is 10.4 Å². The fourth-order valence-corrected chi connectivity index (χ4v) is 2.33. The third-order valence-corrected chi connectivity index (χ3v) is 3.45. The van der Waals surface area contributed by atoms with Gasteiger partial charge in [-0.05, 0) is 23.8 Å². The first-order chi connectivity index (χ1) is 8.33. The number of hydrogen-bond donors (Lipinski definition) is 2. The van der Waals surface area contributed by atoms with Crippen molar-refractivity contribution >= 4 is 10.8 Å². The van der Waals surface area contributed by atoms with Crippen molar-refractivity contribution in [1.29, 1.82) is 0 Å². The lowest BCUT2D eigenvalue weighted by molar-refractivity contribution is 0.0620. The Bertz CT molecular complexity index is 515. The van der Waals surface area contributed by atoms with E-state index in [2.05, 4.69) is 28.5 Å². The second kappa shape index (κ2) is 4.43. The molecule has 17 heavy (non-hydrogen) atoms. The topological polar surface area (TPSA) is 45.1 Å². The van der Waals surface area contributed by atoms with Crippen molar-refractivity contribution in [3.05, 3.63) is 42.2 Å². The van der Waals surface area contributed by atoms with Crippen LogP contribution in [0.4, 0.5) is 0 Å². The molecule has 2 N–H and O–H groups in total. The van der Waals surface area contributed by atoms with Crippen molar-refractivity contribution in [3.63, 3.8) is 0 Å². The van der Waals surface area contributed by atoms with Crippen LogP contribution >= 0.6 is 0 Å². The Morgan fingerprint density at radius 1 is 1.24 bits per heavy atom. The van der Waals surface area contributed by atoms with Crippen LogP contribution in [0.3, 0.4) is 0 Å². The summed E-state index contributed by atoms with van der Waals surface area (Å²) >= 11 is 0. The van der Waals surface area contributed by atoms with Gasteiger partial charge in [-0.1, -0.05) is 24.3 Å². The predicted octanol–water partition coefficient (Wildman–Crippen LogP) is 1.85. The van der Waals surface area contributed by atoms with Crippen LogP contribution < -0.4 is 5.32 Å². The second-order valence-corrected chi connectivity index (χ2v) is 4.72. The number of fused-ring (bicyclic) bond motifs is 1. The van der Waals surface area contributed by atoms with Gasteiger partial charge in [0.2, 0.25) is 0 Å². The molecule has 3 nitrogen and oxygen atoms in total. The number of aliphatic hydroxyl groups excluding tert-OH is 1. The zero-order valence-electron chi connectivity index (χ0n) is 9.63. The molecular formula is C14H16N2O. The number of hydrogen-bond acceptors (Lipinski definition) is 3. The van der Waals surface area contributed by atoms with Crippen LogP contribution in [-0.2, 0) is 6.54 Å². The van der Waals surface area contributed by atoms with Crippen LogP contribution in [0.5, 0.6) is 0 Å². The Hall–Kier alpha value is -1.45. The van der Waals surface area contributed by atoms with Crippen molar-refractivity contribution < 1.29 is 5.11 Å². The quantitative estimate of drug-likeness (QED) is 0.842. The van der Waals surface area contributed by atoms with Crippen LogP contribution in [0.15, 0.2) is 36.7 Å². The molecule has 0 aliphatic heterocycles. The van der Waals surface area contributed by atoms with Gasteiger partial charge in [0, 0.05) is 30.4 Å². The predicted molar refractivity (Wildman–Crippen MR) is 67.6 cm³/mol. The lowest BCUT2D eigenvalue weighted by atomic mass is 9.89. The monoisotopic (exact) mass is 228 g/mol. The minimum absolute atomic E-state index is 0.0989. The van der Waals surface area contributed by atoms with Gasteiger partial charge in [-0.15, -0.1) is 0 Å². The number of aliphatic hydroxyl groups is 1. The van der Waals surface area contributed by atoms with Gasteiger partial charge in [0.25, 0.3) is 0 Å². The lowest BCUT2D eigenvalue weighted by Gasteiger charge is -2.32. The van der Waals surface area contributed by atoms with Gasteiger partial charge >= 0.3 is 0 Å². The second-order valence-electron chi connectivity index (χ2n) is 4.72. The first-order valence-electron chi connectivity index (χ1n) is 6.06. The van der Waals surface area contributed by atoms with Gasteiger partial charge in [-0.3, -0.25) is 4.98 Å². The fraction of sp³-hybridized carbons (Fsp3) is 0.357. The SMILES string of the molecule is OC1CC(NCc2cncc3ccccc23)C1. The molecule has 3 heteroatoms. The molecule has 1 aliphatic carbocycles. The zero-order valence-corrected chi connectivity index (χ0v) is 9.63. The van der Waals surface area contributed by atoms with Crippen molar-refractivity contribution in [2.45, 2.75) is 31.5 Å². The molecule has 1 fully saturated rings. The Morgan fingerprint density at radius 3 is 2.88 bits per heavy atom. The van der Waals surface area contributed by atoms with E-state index < -0.39 is 0 Å². The summed E-state index contributed by atoms with van der Waals surface area (Å²) in [6.07, 6.45) is 5.46. The standard InChI is InChI=1S/C14H16N2O/c17-13-5-12(6-13)16-9-11-8-15-7-10-3-1-2-4-14(10)11/h1-4,7-8,12-13,16-17H,5-6,9H2. The fourth-order valence-electron chi connectivity index (χ4n) is 2.33. The number of rotatable bonds is 3. The number of benzene rings is 1. The summed E-state index contributed by atoms with van der Waals surface area (Å²) in [5.74, 6) is 0. The van der Waals surface area contributed by atoms with Crippen LogP contribution in [0.1, 0.15) is 18.4 Å². The van der Waals surface area contributed by atoms with Gasteiger partial charge in [0.15, 0.2) is 0 Å². The molecular weight excluding hydrogens is 212 g/mol. The van der Waals surface area contributed by atoms with Crippen LogP contribution in [0.2, 0.25) is 0 Å². The lowest BCUT2D eigenvalue weighted by Crippen LogP contribution is -2.43. The van der Waals surface area contributed by atoms with Crippen molar-refractivity contribution in [1.82, 2.24) is 10.3 Å². The maximum atomic E-state index is 9.23. The highest BCUT2D eigenvalue weighted by atomic mass is 16.3. The highest BCUT2D eigenvalue weighted by Crippen LogP contribution is 2.21. The largest absolute Gasteiger partial charge is 0.393 e. The van der Waals surface area contributed by atoms with E-state index in [-0.39, 0.29) is 6.10 Å². The molecule has 1 aliphatic rings. The summed E-state index contributed by atoms with van der Waals surface area (Å²) in [6, 6.07) is 8.76.